The summed E-state index contributed by atoms with van der Waals surface area (Å²) in [6.07, 6.45) is 2.12. The fourth-order valence-electron chi connectivity index (χ4n) is 1.80. The van der Waals surface area contributed by atoms with E-state index in [-0.39, 0.29) is 16.1 Å². The zero-order chi connectivity index (χ0) is 15.8. The average Bonchev–Trinajstić information content (AvgIpc) is 2.38. The van der Waals surface area contributed by atoms with Crippen LogP contribution < -0.4 is 11.2 Å². The van der Waals surface area contributed by atoms with Crippen LogP contribution in [0.15, 0.2) is 44.9 Å². The van der Waals surface area contributed by atoms with Crippen LogP contribution in [-0.4, -0.2) is 30.0 Å². The summed E-state index contributed by atoms with van der Waals surface area (Å²) < 4.78 is 23.5. The molecule has 0 unspecified atom stereocenters. The first kappa shape index (κ1) is 14.9. The van der Waals surface area contributed by atoms with Gasteiger partial charge in [-0.25, -0.2) is 17.8 Å². The summed E-state index contributed by atoms with van der Waals surface area (Å²) in [7, 11) is -3.37. The summed E-state index contributed by atoms with van der Waals surface area (Å²) in [6, 6.07) is 5.24. The lowest BCUT2D eigenvalue weighted by molar-refractivity contribution is 0.101. The molecule has 110 valence electrons. The molecule has 0 fully saturated rings. The van der Waals surface area contributed by atoms with Gasteiger partial charge in [-0.05, 0) is 31.2 Å². The van der Waals surface area contributed by atoms with Gasteiger partial charge >= 0.3 is 5.69 Å². The molecule has 1 aromatic carbocycles. The third-order valence-corrected chi connectivity index (χ3v) is 4.01. The number of nitrogens with one attached hydrogen (secondary N) is 1. The van der Waals surface area contributed by atoms with Gasteiger partial charge in [-0.2, -0.15) is 0 Å². The smallest absolute Gasteiger partial charge is 0.313 e. The average molecular weight is 308 g/mol. The van der Waals surface area contributed by atoms with Crippen molar-refractivity contribution in [2.24, 2.45) is 0 Å². The lowest BCUT2D eigenvalue weighted by atomic mass is 10.2. The number of sulfone groups is 1. The Morgan fingerprint density at radius 1 is 1.14 bits per heavy atom. The summed E-state index contributed by atoms with van der Waals surface area (Å²) >= 11 is 0. The van der Waals surface area contributed by atoms with E-state index in [4.69, 9.17) is 0 Å². The molecular weight excluding hydrogens is 296 g/mol. The molecule has 1 aromatic heterocycles. The first-order valence-corrected chi connectivity index (χ1v) is 7.77. The van der Waals surface area contributed by atoms with Gasteiger partial charge in [0, 0.05) is 12.5 Å². The summed E-state index contributed by atoms with van der Waals surface area (Å²) in [5.74, 6) is -0.474. The van der Waals surface area contributed by atoms with Gasteiger partial charge in [-0.1, -0.05) is 0 Å². The van der Waals surface area contributed by atoms with E-state index in [0.29, 0.717) is 0 Å². The molecule has 7 nitrogen and oxygen atoms in total. The molecule has 0 bridgehead atoms. The van der Waals surface area contributed by atoms with Crippen molar-refractivity contribution in [1.29, 1.82) is 0 Å². The van der Waals surface area contributed by atoms with E-state index in [1.165, 1.54) is 31.2 Å². The van der Waals surface area contributed by atoms with E-state index in [2.05, 4.69) is 4.98 Å². The lowest BCUT2D eigenvalue weighted by Gasteiger charge is -2.06. The van der Waals surface area contributed by atoms with Gasteiger partial charge in [0.2, 0.25) is 0 Å². The molecule has 0 spiro atoms. The van der Waals surface area contributed by atoms with E-state index in [0.717, 1.165) is 17.0 Å². The standard InChI is InChI=1S/C13H12N2O5S/c1-8(16)11-7-14-13(18)15(12(11)17)9-3-5-10(6-4-9)21(2,19)20/h3-7H,1-2H3,(H,14,18). The number of carbonyl (C=O) groups excluding carboxylic acids is 1. The van der Waals surface area contributed by atoms with Crippen molar-refractivity contribution in [2.45, 2.75) is 11.8 Å². The van der Waals surface area contributed by atoms with Gasteiger partial charge in [0.15, 0.2) is 15.6 Å². The normalized spacial score (nSPS) is 11.3. The Bertz CT molecular complexity index is 920. The molecule has 0 amide bonds. The number of H-pyrrole nitrogens is 1. The second-order valence-electron chi connectivity index (χ2n) is 4.47. The maximum absolute atomic E-state index is 12.1. The second kappa shape index (κ2) is 5.13. The molecular formula is C13H12N2O5S. The molecule has 8 heteroatoms. The van der Waals surface area contributed by atoms with Crippen molar-refractivity contribution in [3.63, 3.8) is 0 Å². The van der Waals surface area contributed by atoms with Gasteiger partial charge in [-0.15, -0.1) is 0 Å². The molecule has 0 aliphatic rings. The Labute approximate surface area is 119 Å². The topological polar surface area (TPSA) is 106 Å². The van der Waals surface area contributed by atoms with Crippen LogP contribution in [0.4, 0.5) is 0 Å². The Hall–Kier alpha value is -2.48. The van der Waals surface area contributed by atoms with Crippen LogP contribution in [-0.2, 0) is 9.84 Å². The minimum absolute atomic E-state index is 0.0680. The highest BCUT2D eigenvalue weighted by molar-refractivity contribution is 7.90. The zero-order valence-corrected chi connectivity index (χ0v) is 12.1. The number of Topliss-reactive ketones (excluding diaryl/α,β-unsaturated/α-hetero) is 1. The van der Waals surface area contributed by atoms with Crippen molar-refractivity contribution in [3.8, 4) is 5.69 Å². The number of ketones is 1. The van der Waals surface area contributed by atoms with Crippen LogP contribution in [0.2, 0.25) is 0 Å². The van der Waals surface area contributed by atoms with Crippen molar-refractivity contribution in [2.75, 3.05) is 6.26 Å². The Morgan fingerprint density at radius 2 is 1.71 bits per heavy atom. The van der Waals surface area contributed by atoms with Crippen molar-refractivity contribution < 1.29 is 13.2 Å². The Morgan fingerprint density at radius 3 is 2.19 bits per heavy atom. The summed E-state index contributed by atoms with van der Waals surface area (Å²) in [4.78, 5) is 37.6. The van der Waals surface area contributed by atoms with Gasteiger partial charge in [0.1, 0.15) is 0 Å². The molecule has 2 rings (SSSR count). The maximum atomic E-state index is 12.1. The zero-order valence-electron chi connectivity index (χ0n) is 11.3. The van der Waals surface area contributed by atoms with E-state index in [1.54, 1.807) is 0 Å². The predicted octanol–water partition coefficient (Wildman–Crippen LogP) is 0.132. The molecule has 1 heterocycles. The molecule has 0 atom stereocenters. The molecule has 0 aliphatic heterocycles. The van der Waals surface area contributed by atoms with E-state index >= 15 is 0 Å². The highest BCUT2D eigenvalue weighted by Crippen LogP contribution is 2.11. The summed E-state index contributed by atoms with van der Waals surface area (Å²) in [5.41, 5.74) is -1.44. The first-order chi connectivity index (χ1) is 9.71. The van der Waals surface area contributed by atoms with Gasteiger partial charge in [0.25, 0.3) is 5.56 Å². The van der Waals surface area contributed by atoms with E-state index in [9.17, 15) is 22.8 Å². The lowest BCUT2D eigenvalue weighted by Crippen LogP contribution is -2.36. The highest BCUT2D eigenvalue weighted by Gasteiger charge is 2.13. The van der Waals surface area contributed by atoms with Crippen LogP contribution in [0.1, 0.15) is 17.3 Å². The molecule has 0 aliphatic carbocycles. The van der Waals surface area contributed by atoms with Crippen LogP contribution in [0, 0.1) is 0 Å². The quantitative estimate of drug-likeness (QED) is 0.811. The molecule has 0 radical (unpaired) electrons. The van der Waals surface area contributed by atoms with E-state index < -0.39 is 26.9 Å². The summed E-state index contributed by atoms with van der Waals surface area (Å²) in [5, 5.41) is 0. The molecule has 1 N–H and O–H groups in total. The number of aromatic nitrogens is 2. The van der Waals surface area contributed by atoms with Crippen molar-refractivity contribution in [3.05, 3.63) is 56.9 Å². The molecule has 0 saturated carbocycles. The number of rotatable bonds is 3. The third kappa shape index (κ3) is 2.84. The SMILES string of the molecule is CC(=O)c1c[nH]c(=O)n(-c2ccc(S(C)(=O)=O)cc2)c1=O. The van der Waals surface area contributed by atoms with Crippen molar-refractivity contribution >= 4 is 15.6 Å². The number of aromatic amines is 1. The van der Waals surface area contributed by atoms with Crippen molar-refractivity contribution in [1.82, 2.24) is 9.55 Å². The molecule has 0 saturated heterocycles. The largest absolute Gasteiger partial charge is 0.333 e. The molecule has 21 heavy (non-hydrogen) atoms. The predicted molar refractivity (Wildman–Crippen MR) is 75.8 cm³/mol. The minimum Gasteiger partial charge on any atom is -0.313 e. The van der Waals surface area contributed by atoms with Crippen LogP contribution >= 0.6 is 0 Å². The maximum Gasteiger partial charge on any atom is 0.333 e. The number of nitrogens with zero attached hydrogens (tertiary/aromatic N) is 1. The third-order valence-electron chi connectivity index (χ3n) is 2.88. The number of benzene rings is 1. The monoisotopic (exact) mass is 308 g/mol. The summed E-state index contributed by atoms with van der Waals surface area (Å²) in [6.45, 7) is 1.21. The Kier molecular flexibility index (Phi) is 3.65. The van der Waals surface area contributed by atoms with E-state index in [1.807, 2.05) is 0 Å². The van der Waals surface area contributed by atoms with Crippen LogP contribution in [0.5, 0.6) is 0 Å². The Balaban J connectivity index is 2.68. The van der Waals surface area contributed by atoms with Crippen LogP contribution in [0.3, 0.4) is 0 Å². The van der Waals surface area contributed by atoms with Gasteiger partial charge in [-0.3, -0.25) is 9.59 Å². The fraction of sp³-hybridized carbons (Fsp3) is 0.154. The first-order valence-electron chi connectivity index (χ1n) is 5.88. The number of hydrogen-bond donors (Lipinski definition) is 1. The second-order valence-corrected chi connectivity index (χ2v) is 6.49. The number of hydrogen-bond acceptors (Lipinski definition) is 5. The van der Waals surface area contributed by atoms with Gasteiger partial charge in [0.05, 0.1) is 16.1 Å². The van der Waals surface area contributed by atoms with Crippen LogP contribution in [0.25, 0.3) is 5.69 Å². The van der Waals surface area contributed by atoms with Gasteiger partial charge < -0.3 is 4.98 Å². The highest BCUT2D eigenvalue weighted by atomic mass is 32.2. The molecule has 2 aromatic rings. The minimum atomic E-state index is -3.37. The number of carbonyl (C=O) groups is 1. The fourth-order valence-corrected chi connectivity index (χ4v) is 2.43.